The molecule has 9 nitrogen and oxygen atoms in total. The third-order valence-corrected chi connectivity index (χ3v) is 4.77. The van der Waals surface area contributed by atoms with E-state index < -0.39 is 5.97 Å². The first-order valence-corrected chi connectivity index (χ1v) is 9.45. The molecule has 10 heteroatoms. The van der Waals surface area contributed by atoms with Crippen LogP contribution in [-0.4, -0.2) is 38.3 Å². The van der Waals surface area contributed by atoms with Gasteiger partial charge in [0, 0.05) is 11.1 Å². The Kier molecular flexibility index (Phi) is 5.43. The number of hydrogen-bond acceptors (Lipinski definition) is 9. The van der Waals surface area contributed by atoms with E-state index in [0.717, 1.165) is 17.1 Å². The number of carbonyl (C=O) groups is 1. The maximum atomic E-state index is 12.3. The molecule has 1 N–H and O–H groups in total. The number of rotatable bonds is 7. The van der Waals surface area contributed by atoms with E-state index in [0.29, 0.717) is 16.4 Å². The molecule has 0 fully saturated rings. The average Bonchev–Trinajstić information content (AvgIpc) is 3.45. The van der Waals surface area contributed by atoms with Crippen LogP contribution in [-0.2, 0) is 11.3 Å². The Balaban J connectivity index is 1.32. The zero-order valence-corrected chi connectivity index (χ0v) is 16.2. The third-order valence-electron chi connectivity index (χ3n) is 3.96. The van der Waals surface area contributed by atoms with Crippen molar-refractivity contribution in [3.8, 4) is 11.4 Å². The molecule has 29 heavy (non-hydrogen) atoms. The smallest absolute Gasteiger partial charge is 0.338 e. The van der Waals surface area contributed by atoms with Crippen molar-refractivity contribution >= 4 is 28.1 Å². The molecule has 4 aromatic rings. The van der Waals surface area contributed by atoms with Crippen molar-refractivity contribution in [2.75, 3.05) is 12.4 Å². The molecular formula is C19H16N6O3S. The van der Waals surface area contributed by atoms with Crippen molar-refractivity contribution in [2.24, 2.45) is 0 Å². The standard InChI is InChI=1S/C19H16N6O3S/c1-27-17-8-4-14(5-9-17)21-19-22-15(11-29-19)10-28-18(26)13-2-6-16(7-3-13)25-12-20-23-24-25/h2-9,11-12H,10H2,1H3,(H,21,22). The minimum absolute atomic E-state index is 0.0916. The summed E-state index contributed by atoms with van der Waals surface area (Å²) in [6.45, 7) is 0.0916. The molecule has 0 aliphatic carbocycles. The zero-order valence-electron chi connectivity index (χ0n) is 15.3. The van der Waals surface area contributed by atoms with Gasteiger partial charge in [0.1, 0.15) is 18.7 Å². The van der Waals surface area contributed by atoms with Gasteiger partial charge >= 0.3 is 5.97 Å². The van der Waals surface area contributed by atoms with Gasteiger partial charge in [0.05, 0.1) is 24.1 Å². The SMILES string of the molecule is COc1ccc(Nc2nc(COC(=O)c3ccc(-n4cnnn4)cc3)cs2)cc1. The van der Waals surface area contributed by atoms with Crippen LogP contribution in [0.3, 0.4) is 0 Å². The molecule has 0 amide bonds. The van der Waals surface area contributed by atoms with E-state index in [4.69, 9.17) is 9.47 Å². The van der Waals surface area contributed by atoms with Crippen LogP contribution in [0.25, 0.3) is 5.69 Å². The molecule has 0 saturated carbocycles. The van der Waals surface area contributed by atoms with Crippen LogP contribution in [0.1, 0.15) is 16.1 Å². The lowest BCUT2D eigenvalue weighted by Gasteiger charge is -2.05. The number of aromatic nitrogens is 5. The van der Waals surface area contributed by atoms with Crippen LogP contribution < -0.4 is 10.1 Å². The lowest BCUT2D eigenvalue weighted by molar-refractivity contribution is 0.0468. The second-order valence-corrected chi connectivity index (χ2v) is 6.73. The van der Waals surface area contributed by atoms with Gasteiger partial charge in [0.2, 0.25) is 0 Å². The largest absolute Gasteiger partial charge is 0.497 e. The fourth-order valence-electron chi connectivity index (χ4n) is 2.48. The van der Waals surface area contributed by atoms with Crippen LogP contribution in [0, 0.1) is 0 Å². The number of carbonyl (C=O) groups excluding carboxylic acids is 1. The van der Waals surface area contributed by atoms with Gasteiger partial charge in [-0.1, -0.05) is 0 Å². The average molecular weight is 408 g/mol. The molecule has 0 aliphatic heterocycles. The first-order valence-electron chi connectivity index (χ1n) is 8.57. The predicted octanol–water partition coefficient (Wildman–Crippen LogP) is 3.23. The minimum Gasteiger partial charge on any atom is -0.497 e. The Hall–Kier alpha value is -3.79. The molecule has 0 unspecified atom stereocenters. The topological polar surface area (TPSA) is 104 Å². The number of methoxy groups -OCH3 is 1. The summed E-state index contributed by atoms with van der Waals surface area (Å²) in [6.07, 6.45) is 1.48. The summed E-state index contributed by atoms with van der Waals surface area (Å²) in [5, 5.41) is 16.7. The fraction of sp³-hybridized carbons (Fsp3) is 0.105. The first kappa shape index (κ1) is 18.6. The summed E-state index contributed by atoms with van der Waals surface area (Å²) in [4.78, 5) is 16.7. The van der Waals surface area contributed by atoms with Crippen molar-refractivity contribution < 1.29 is 14.3 Å². The van der Waals surface area contributed by atoms with Crippen molar-refractivity contribution in [3.05, 3.63) is 71.5 Å². The Morgan fingerprint density at radius 2 is 1.93 bits per heavy atom. The van der Waals surface area contributed by atoms with Crippen molar-refractivity contribution in [1.29, 1.82) is 0 Å². The summed E-state index contributed by atoms with van der Waals surface area (Å²) in [5.74, 6) is 0.360. The molecule has 0 radical (unpaired) electrons. The van der Waals surface area contributed by atoms with Gasteiger partial charge in [-0.3, -0.25) is 0 Å². The van der Waals surface area contributed by atoms with Gasteiger partial charge in [0.25, 0.3) is 0 Å². The van der Waals surface area contributed by atoms with Crippen LogP contribution in [0.2, 0.25) is 0 Å². The molecule has 0 saturated heterocycles. The summed E-state index contributed by atoms with van der Waals surface area (Å²) >= 11 is 1.44. The normalized spacial score (nSPS) is 10.5. The monoisotopic (exact) mass is 408 g/mol. The number of nitrogens with one attached hydrogen (secondary N) is 1. The molecule has 2 aromatic heterocycles. The first-order chi connectivity index (χ1) is 14.2. The summed E-state index contributed by atoms with van der Waals surface area (Å²) in [6, 6.07) is 14.3. The molecule has 2 aromatic carbocycles. The molecule has 146 valence electrons. The van der Waals surface area contributed by atoms with Crippen molar-refractivity contribution in [1.82, 2.24) is 25.2 Å². The van der Waals surface area contributed by atoms with Crippen LogP contribution in [0.15, 0.2) is 60.2 Å². The molecule has 0 aliphatic rings. The van der Waals surface area contributed by atoms with E-state index in [1.807, 2.05) is 29.6 Å². The highest BCUT2D eigenvalue weighted by molar-refractivity contribution is 7.13. The van der Waals surface area contributed by atoms with E-state index in [2.05, 4.69) is 25.8 Å². The lowest BCUT2D eigenvalue weighted by Crippen LogP contribution is -2.06. The third kappa shape index (κ3) is 4.55. The van der Waals surface area contributed by atoms with E-state index in [-0.39, 0.29) is 6.61 Å². The van der Waals surface area contributed by atoms with Gasteiger partial charge in [-0.25, -0.2) is 14.5 Å². The van der Waals surface area contributed by atoms with Gasteiger partial charge < -0.3 is 14.8 Å². The second kappa shape index (κ2) is 8.48. The number of hydrogen-bond donors (Lipinski definition) is 1. The maximum Gasteiger partial charge on any atom is 0.338 e. The number of benzene rings is 2. The van der Waals surface area contributed by atoms with Gasteiger partial charge in [0.15, 0.2) is 5.13 Å². The highest BCUT2D eigenvalue weighted by Gasteiger charge is 2.10. The molecule has 0 bridgehead atoms. The van der Waals surface area contributed by atoms with E-state index in [1.165, 1.54) is 22.3 Å². The Labute approximate surface area is 169 Å². The molecule has 0 spiro atoms. The van der Waals surface area contributed by atoms with Crippen molar-refractivity contribution in [3.63, 3.8) is 0 Å². The zero-order chi connectivity index (χ0) is 20.1. The number of nitrogens with zero attached hydrogens (tertiary/aromatic N) is 5. The van der Waals surface area contributed by atoms with Crippen LogP contribution in [0.4, 0.5) is 10.8 Å². The van der Waals surface area contributed by atoms with Gasteiger partial charge in [-0.05, 0) is 59.0 Å². The Morgan fingerprint density at radius 1 is 1.14 bits per heavy atom. The Morgan fingerprint density at radius 3 is 2.62 bits per heavy atom. The summed E-state index contributed by atoms with van der Waals surface area (Å²) in [7, 11) is 1.62. The highest BCUT2D eigenvalue weighted by Crippen LogP contribution is 2.23. The maximum absolute atomic E-state index is 12.3. The minimum atomic E-state index is -0.425. The van der Waals surface area contributed by atoms with Crippen molar-refractivity contribution in [2.45, 2.75) is 6.61 Å². The van der Waals surface area contributed by atoms with Crippen LogP contribution >= 0.6 is 11.3 Å². The van der Waals surface area contributed by atoms with E-state index in [1.54, 1.807) is 31.4 Å². The van der Waals surface area contributed by atoms with Crippen LogP contribution in [0.5, 0.6) is 5.75 Å². The second-order valence-electron chi connectivity index (χ2n) is 5.87. The molecular weight excluding hydrogens is 392 g/mol. The quantitative estimate of drug-likeness (QED) is 0.465. The number of esters is 1. The summed E-state index contributed by atoms with van der Waals surface area (Å²) < 4.78 is 12.0. The van der Waals surface area contributed by atoms with Gasteiger partial charge in [-0.2, -0.15) is 0 Å². The highest BCUT2D eigenvalue weighted by atomic mass is 32.1. The summed E-state index contributed by atoms with van der Waals surface area (Å²) in [5.41, 5.74) is 2.75. The molecule has 0 atom stereocenters. The van der Waals surface area contributed by atoms with Gasteiger partial charge in [-0.15, -0.1) is 16.4 Å². The van der Waals surface area contributed by atoms with E-state index in [9.17, 15) is 4.79 Å². The molecule has 2 heterocycles. The number of thiazole rings is 1. The number of tetrazole rings is 1. The van der Waals surface area contributed by atoms with E-state index >= 15 is 0 Å². The fourth-order valence-corrected chi connectivity index (χ4v) is 3.20. The molecule has 4 rings (SSSR count). The predicted molar refractivity (Wildman–Crippen MR) is 107 cm³/mol. The Bertz CT molecular complexity index is 1080. The number of ether oxygens (including phenoxy) is 2. The number of anilines is 2. The lowest BCUT2D eigenvalue weighted by atomic mass is 10.2.